The number of hydrogen-bond donors (Lipinski definition) is 1. The lowest BCUT2D eigenvalue weighted by Gasteiger charge is -2.12. The van der Waals surface area contributed by atoms with Gasteiger partial charge >= 0.3 is 0 Å². The Labute approximate surface area is 122 Å². The molecule has 2 rings (SSSR count). The van der Waals surface area contributed by atoms with Crippen molar-refractivity contribution >= 4 is 11.4 Å². The number of hydrazone groups is 1. The first-order valence-corrected chi connectivity index (χ1v) is 6.21. The molecule has 0 aliphatic heterocycles. The second-order valence-electron chi connectivity index (χ2n) is 4.16. The molecule has 0 aliphatic rings. The smallest absolute Gasteiger partial charge is 0.237 e. The van der Waals surface area contributed by atoms with Crippen molar-refractivity contribution in [2.24, 2.45) is 5.10 Å². The van der Waals surface area contributed by atoms with Gasteiger partial charge in [0.05, 0.1) is 0 Å². The largest absolute Gasteiger partial charge is 0.455 e. The van der Waals surface area contributed by atoms with Gasteiger partial charge in [-0.1, -0.05) is 30.3 Å². The first kappa shape index (κ1) is 14.1. The number of rotatable bonds is 4. The van der Waals surface area contributed by atoms with Crippen LogP contribution in [0.5, 0.6) is 11.5 Å². The van der Waals surface area contributed by atoms with Crippen molar-refractivity contribution in [2.75, 3.05) is 5.43 Å². The molecule has 5 heteroatoms. The minimum absolute atomic E-state index is 0.246. The van der Waals surface area contributed by atoms with Crippen LogP contribution in [0.1, 0.15) is 5.56 Å². The summed E-state index contributed by atoms with van der Waals surface area (Å²) in [6, 6.07) is 18.3. The second kappa shape index (κ2) is 6.74. The van der Waals surface area contributed by atoms with Crippen molar-refractivity contribution < 1.29 is 4.74 Å². The number of aryl methyl sites for hydroxylation is 1. The van der Waals surface area contributed by atoms with Gasteiger partial charge in [-0.05, 0) is 30.7 Å². The average molecular weight is 276 g/mol. The number of nitrogens with zero attached hydrogens (tertiary/aromatic N) is 3. The highest BCUT2D eigenvalue weighted by Crippen LogP contribution is 2.32. The van der Waals surface area contributed by atoms with Crippen LogP contribution >= 0.6 is 0 Å². The molecule has 5 nitrogen and oxygen atoms in total. The maximum absolute atomic E-state index is 8.70. The zero-order chi connectivity index (χ0) is 15.1. The van der Waals surface area contributed by atoms with E-state index < -0.39 is 0 Å². The normalized spacial score (nSPS) is 9.10. The van der Waals surface area contributed by atoms with Gasteiger partial charge in [0.2, 0.25) is 5.71 Å². The molecule has 0 saturated carbocycles. The van der Waals surface area contributed by atoms with Crippen molar-refractivity contribution in [3.63, 3.8) is 0 Å². The summed E-state index contributed by atoms with van der Waals surface area (Å²) >= 11 is 0. The molecule has 0 spiro atoms. The van der Waals surface area contributed by atoms with Gasteiger partial charge in [0.25, 0.3) is 0 Å². The fourth-order valence-corrected chi connectivity index (χ4v) is 1.67. The van der Waals surface area contributed by atoms with Crippen molar-refractivity contribution in [3.8, 4) is 23.6 Å². The molecule has 0 amide bonds. The Balaban J connectivity index is 2.31. The Morgan fingerprint density at radius 3 is 2.43 bits per heavy atom. The number of para-hydroxylation sites is 2. The lowest BCUT2D eigenvalue weighted by molar-refractivity contribution is 0.484. The van der Waals surface area contributed by atoms with Crippen LogP contribution in [0.15, 0.2) is 53.6 Å². The third-order valence-electron chi connectivity index (χ3n) is 2.70. The number of benzene rings is 2. The van der Waals surface area contributed by atoms with Crippen LogP contribution in [0.2, 0.25) is 0 Å². The van der Waals surface area contributed by atoms with Gasteiger partial charge in [-0.3, -0.25) is 5.43 Å². The lowest BCUT2D eigenvalue weighted by Crippen LogP contribution is -2.00. The Morgan fingerprint density at radius 1 is 1.05 bits per heavy atom. The summed E-state index contributed by atoms with van der Waals surface area (Å²) in [6.07, 6.45) is 0. The van der Waals surface area contributed by atoms with E-state index in [0.29, 0.717) is 17.2 Å². The molecule has 0 fully saturated rings. The van der Waals surface area contributed by atoms with Gasteiger partial charge in [-0.25, -0.2) is 0 Å². The molecule has 0 aromatic heterocycles. The van der Waals surface area contributed by atoms with Gasteiger partial charge in [0, 0.05) is 0 Å². The number of anilines is 1. The van der Waals surface area contributed by atoms with Crippen LogP contribution in [0.4, 0.5) is 5.69 Å². The molecule has 0 aliphatic carbocycles. The summed E-state index contributed by atoms with van der Waals surface area (Å²) in [5.74, 6) is 1.26. The molecule has 0 bridgehead atoms. The van der Waals surface area contributed by atoms with Crippen LogP contribution in [-0.2, 0) is 0 Å². The summed E-state index contributed by atoms with van der Waals surface area (Å²) in [4.78, 5) is 0. The van der Waals surface area contributed by atoms with Gasteiger partial charge in [0.1, 0.15) is 23.6 Å². The lowest BCUT2D eigenvalue weighted by atomic mass is 10.2. The third kappa shape index (κ3) is 3.59. The van der Waals surface area contributed by atoms with Gasteiger partial charge in [-0.2, -0.15) is 15.6 Å². The Bertz CT molecular complexity index is 723. The number of ether oxygens (including phenoxy) is 1. The molecule has 102 valence electrons. The van der Waals surface area contributed by atoms with Crippen LogP contribution in [-0.4, -0.2) is 5.71 Å². The summed E-state index contributed by atoms with van der Waals surface area (Å²) < 4.78 is 5.79. The van der Waals surface area contributed by atoms with Crippen LogP contribution in [0.3, 0.4) is 0 Å². The molecule has 1 N–H and O–H groups in total. The van der Waals surface area contributed by atoms with E-state index in [1.54, 1.807) is 18.2 Å². The molecular weight excluding hydrogens is 264 g/mol. The summed E-state index contributed by atoms with van der Waals surface area (Å²) in [6.45, 7) is 1.88. The predicted molar refractivity (Wildman–Crippen MR) is 80.0 cm³/mol. The minimum atomic E-state index is -0.246. The molecule has 0 radical (unpaired) electrons. The van der Waals surface area contributed by atoms with E-state index in [4.69, 9.17) is 15.3 Å². The average Bonchev–Trinajstić information content (AvgIpc) is 2.51. The number of nitrogens with one attached hydrogen (secondary N) is 1. The Hall–Kier alpha value is -3.31. The molecule has 0 unspecified atom stereocenters. The van der Waals surface area contributed by atoms with E-state index in [-0.39, 0.29) is 5.71 Å². The fourth-order valence-electron chi connectivity index (χ4n) is 1.67. The molecule has 21 heavy (non-hydrogen) atoms. The molecule has 0 heterocycles. The van der Waals surface area contributed by atoms with Gasteiger partial charge in [0.15, 0.2) is 5.75 Å². The SMILES string of the molecule is Cc1cccc(Oc2ccccc2)c1NN=C(C#N)C#N. The summed E-state index contributed by atoms with van der Waals surface area (Å²) in [5, 5.41) is 21.2. The Kier molecular flexibility index (Phi) is 4.53. The number of hydrogen-bond acceptors (Lipinski definition) is 5. The van der Waals surface area contributed by atoms with Crippen molar-refractivity contribution in [1.29, 1.82) is 10.5 Å². The maximum Gasteiger partial charge on any atom is 0.237 e. The molecule has 0 saturated heterocycles. The zero-order valence-electron chi connectivity index (χ0n) is 11.4. The molecule has 0 atom stereocenters. The van der Waals surface area contributed by atoms with E-state index in [2.05, 4.69) is 10.5 Å². The van der Waals surface area contributed by atoms with E-state index >= 15 is 0 Å². The van der Waals surface area contributed by atoms with Crippen LogP contribution in [0, 0.1) is 29.6 Å². The van der Waals surface area contributed by atoms with E-state index in [1.807, 2.05) is 49.4 Å². The topological polar surface area (TPSA) is 81.2 Å². The van der Waals surface area contributed by atoms with Crippen molar-refractivity contribution in [1.82, 2.24) is 0 Å². The molecule has 2 aromatic rings. The molecule has 2 aromatic carbocycles. The quantitative estimate of drug-likeness (QED) is 0.683. The zero-order valence-corrected chi connectivity index (χ0v) is 11.4. The van der Waals surface area contributed by atoms with E-state index in [0.717, 1.165) is 5.56 Å². The van der Waals surface area contributed by atoms with Gasteiger partial charge < -0.3 is 4.74 Å². The summed E-state index contributed by atoms with van der Waals surface area (Å²) in [5.41, 5.74) is 3.98. The predicted octanol–water partition coefficient (Wildman–Crippen LogP) is 3.60. The standard InChI is InChI=1S/C16H12N4O/c1-12-6-5-9-15(21-14-7-3-2-4-8-14)16(12)20-19-13(10-17)11-18/h2-9,20H,1H3. The highest BCUT2D eigenvalue weighted by molar-refractivity contribution is 6.10. The van der Waals surface area contributed by atoms with Crippen molar-refractivity contribution in [3.05, 3.63) is 54.1 Å². The summed E-state index contributed by atoms with van der Waals surface area (Å²) in [7, 11) is 0. The third-order valence-corrected chi connectivity index (χ3v) is 2.70. The Morgan fingerprint density at radius 2 is 1.76 bits per heavy atom. The minimum Gasteiger partial charge on any atom is -0.455 e. The fraction of sp³-hybridized carbons (Fsp3) is 0.0625. The van der Waals surface area contributed by atoms with Crippen LogP contribution in [0.25, 0.3) is 0 Å². The monoisotopic (exact) mass is 276 g/mol. The maximum atomic E-state index is 8.70. The van der Waals surface area contributed by atoms with Crippen molar-refractivity contribution in [2.45, 2.75) is 6.92 Å². The molecular formula is C16H12N4O. The van der Waals surface area contributed by atoms with Crippen LogP contribution < -0.4 is 10.2 Å². The van der Waals surface area contributed by atoms with E-state index in [1.165, 1.54) is 0 Å². The highest BCUT2D eigenvalue weighted by Gasteiger charge is 2.07. The van der Waals surface area contributed by atoms with E-state index in [9.17, 15) is 0 Å². The van der Waals surface area contributed by atoms with Gasteiger partial charge in [-0.15, -0.1) is 0 Å². The number of nitriles is 2. The first-order chi connectivity index (χ1) is 10.2. The second-order valence-corrected chi connectivity index (χ2v) is 4.16. The first-order valence-electron chi connectivity index (χ1n) is 6.21. The highest BCUT2D eigenvalue weighted by atomic mass is 16.5.